The average Bonchev–Trinajstić information content (AvgIpc) is 2.82. The van der Waals surface area contributed by atoms with Crippen LogP contribution in [0.15, 0.2) is 72.7 Å². The summed E-state index contributed by atoms with van der Waals surface area (Å²) < 4.78 is 86.2. The zero-order valence-corrected chi connectivity index (χ0v) is 21.8. The van der Waals surface area contributed by atoms with Crippen LogP contribution in [0, 0.1) is 17.6 Å². The van der Waals surface area contributed by atoms with Gasteiger partial charge in [-0.3, -0.25) is 0 Å². The van der Waals surface area contributed by atoms with E-state index in [0.717, 1.165) is 18.2 Å². The molecular formula is C25H27ClF2N2O4S2. The Labute approximate surface area is 215 Å². The molecule has 1 saturated heterocycles. The molecule has 1 saturated carbocycles. The molecule has 0 spiro atoms. The fraction of sp³-hybridized carbons (Fsp3) is 0.360. The standard InChI is InChI=1S/C25H27ClF2N2O4S2/c1-3-5-24-20-16-25(21-15-18(27)8-11-22(21)28,35(31,32)19-9-6-17(26)7-10-19)13-12-23(20)29-36(33,34)30(24)14-4-2/h3-4,6-11,15,20,23-24,29H,1-2,5,12-14,16H2/t20-,23+,24-,25-/m1/s1. The van der Waals surface area contributed by atoms with Gasteiger partial charge in [0.1, 0.15) is 16.4 Å². The second kappa shape index (κ2) is 9.98. The number of nitrogens with zero attached hydrogens (tertiary/aromatic N) is 1. The van der Waals surface area contributed by atoms with Crippen LogP contribution in [0.3, 0.4) is 0 Å². The summed E-state index contributed by atoms with van der Waals surface area (Å²) in [6.45, 7) is 7.40. The summed E-state index contributed by atoms with van der Waals surface area (Å²) in [5, 5.41) is 0.330. The van der Waals surface area contributed by atoms with Gasteiger partial charge in [-0.1, -0.05) is 23.8 Å². The van der Waals surface area contributed by atoms with Crippen molar-refractivity contribution in [2.24, 2.45) is 5.92 Å². The number of halogens is 3. The second-order valence-corrected chi connectivity index (χ2v) is 13.5. The third kappa shape index (κ3) is 4.54. The minimum absolute atomic E-state index is 0.00230. The normalized spacial score (nSPS) is 28.2. The van der Waals surface area contributed by atoms with E-state index in [1.807, 2.05) is 0 Å². The quantitative estimate of drug-likeness (QED) is 0.500. The lowest BCUT2D eigenvalue weighted by molar-refractivity contribution is 0.121. The van der Waals surface area contributed by atoms with Crippen molar-refractivity contribution in [1.82, 2.24) is 9.03 Å². The first-order valence-electron chi connectivity index (χ1n) is 11.4. The molecule has 4 atom stereocenters. The lowest BCUT2D eigenvalue weighted by Crippen LogP contribution is -2.65. The number of fused-ring (bicyclic) bond motifs is 1. The highest BCUT2D eigenvalue weighted by Gasteiger charge is 2.57. The Balaban J connectivity index is 1.92. The van der Waals surface area contributed by atoms with E-state index in [4.69, 9.17) is 11.6 Å². The average molecular weight is 557 g/mol. The van der Waals surface area contributed by atoms with Gasteiger partial charge in [0.15, 0.2) is 9.84 Å². The van der Waals surface area contributed by atoms with E-state index in [-0.39, 0.29) is 42.7 Å². The van der Waals surface area contributed by atoms with Gasteiger partial charge in [-0.15, -0.1) is 13.2 Å². The lowest BCUT2D eigenvalue weighted by atomic mass is 9.71. The molecule has 0 bridgehead atoms. The zero-order valence-electron chi connectivity index (χ0n) is 19.4. The van der Waals surface area contributed by atoms with Crippen LogP contribution in [0.5, 0.6) is 0 Å². The molecule has 1 N–H and O–H groups in total. The van der Waals surface area contributed by atoms with Gasteiger partial charge in [-0.2, -0.15) is 17.4 Å². The van der Waals surface area contributed by atoms with Crippen molar-refractivity contribution in [3.8, 4) is 0 Å². The zero-order chi connectivity index (χ0) is 26.3. The Morgan fingerprint density at radius 2 is 1.83 bits per heavy atom. The van der Waals surface area contributed by atoms with Crippen molar-refractivity contribution < 1.29 is 25.6 Å². The van der Waals surface area contributed by atoms with Gasteiger partial charge in [-0.25, -0.2) is 17.2 Å². The molecule has 36 heavy (non-hydrogen) atoms. The topological polar surface area (TPSA) is 83.5 Å². The number of benzene rings is 2. The van der Waals surface area contributed by atoms with Crippen LogP contribution in [-0.2, 0) is 24.8 Å². The van der Waals surface area contributed by atoms with Gasteiger partial charge in [0, 0.05) is 29.2 Å². The summed E-state index contributed by atoms with van der Waals surface area (Å²) in [4.78, 5) is -0.0754. The van der Waals surface area contributed by atoms with Crippen LogP contribution in [0.25, 0.3) is 0 Å². The molecule has 1 aliphatic carbocycles. The molecule has 6 nitrogen and oxygen atoms in total. The van der Waals surface area contributed by atoms with Gasteiger partial charge < -0.3 is 0 Å². The van der Waals surface area contributed by atoms with E-state index in [9.17, 15) is 21.2 Å². The number of nitrogens with one attached hydrogen (secondary N) is 1. The molecule has 11 heteroatoms. The van der Waals surface area contributed by atoms with E-state index < -0.39 is 54.4 Å². The number of rotatable bonds is 7. The number of hydrogen-bond donors (Lipinski definition) is 1. The van der Waals surface area contributed by atoms with Crippen LogP contribution in [0.1, 0.15) is 31.2 Å². The Bertz CT molecular complexity index is 1380. The molecule has 0 unspecified atom stereocenters. The fourth-order valence-corrected chi connectivity index (χ4v) is 9.60. The first-order chi connectivity index (χ1) is 17.0. The number of sulfone groups is 1. The predicted molar refractivity (Wildman–Crippen MR) is 135 cm³/mol. The smallest absolute Gasteiger partial charge is 0.223 e. The summed E-state index contributed by atoms with van der Waals surface area (Å²) in [6, 6.07) is 7.11. The minimum atomic E-state index is -4.29. The Morgan fingerprint density at radius 1 is 1.14 bits per heavy atom. The van der Waals surface area contributed by atoms with E-state index in [1.165, 1.54) is 34.6 Å². The lowest BCUT2D eigenvalue weighted by Gasteiger charge is -2.52. The highest BCUT2D eigenvalue weighted by Crippen LogP contribution is 2.52. The van der Waals surface area contributed by atoms with E-state index in [1.54, 1.807) is 6.08 Å². The third-order valence-electron chi connectivity index (χ3n) is 7.19. The van der Waals surface area contributed by atoms with Crippen molar-refractivity contribution in [3.05, 3.63) is 90.0 Å². The Morgan fingerprint density at radius 3 is 2.47 bits per heavy atom. The molecule has 2 aromatic rings. The first-order valence-corrected chi connectivity index (χ1v) is 14.7. The highest BCUT2D eigenvalue weighted by atomic mass is 35.5. The van der Waals surface area contributed by atoms with Gasteiger partial charge in [0.05, 0.1) is 4.90 Å². The highest BCUT2D eigenvalue weighted by molar-refractivity contribution is 7.92. The van der Waals surface area contributed by atoms with Crippen LogP contribution in [-0.4, -0.2) is 39.8 Å². The fourth-order valence-electron chi connectivity index (χ4n) is 5.57. The van der Waals surface area contributed by atoms with Crippen LogP contribution >= 0.6 is 11.6 Å². The molecule has 4 rings (SSSR count). The molecule has 2 aromatic carbocycles. The van der Waals surface area contributed by atoms with E-state index in [2.05, 4.69) is 17.9 Å². The van der Waals surface area contributed by atoms with Crippen molar-refractivity contribution in [1.29, 1.82) is 0 Å². The van der Waals surface area contributed by atoms with E-state index >= 15 is 4.39 Å². The molecule has 2 fully saturated rings. The molecule has 2 aliphatic rings. The molecule has 0 radical (unpaired) electrons. The van der Waals surface area contributed by atoms with Crippen molar-refractivity contribution in [3.63, 3.8) is 0 Å². The Kier molecular flexibility index (Phi) is 7.47. The van der Waals surface area contributed by atoms with Crippen molar-refractivity contribution in [2.45, 2.75) is 47.4 Å². The summed E-state index contributed by atoms with van der Waals surface area (Å²) in [5.74, 6) is -2.14. The molecule has 1 aliphatic heterocycles. The summed E-state index contributed by atoms with van der Waals surface area (Å²) in [6.07, 6.45) is 3.15. The van der Waals surface area contributed by atoms with Crippen LogP contribution in [0.2, 0.25) is 5.02 Å². The Hall–Kier alpha value is -2.11. The van der Waals surface area contributed by atoms with Crippen molar-refractivity contribution in [2.75, 3.05) is 6.54 Å². The summed E-state index contributed by atoms with van der Waals surface area (Å²) >= 11 is 5.97. The monoisotopic (exact) mass is 556 g/mol. The van der Waals surface area contributed by atoms with Gasteiger partial charge in [0.25, 0.3) is 10.2 Å². The maximum atomic E-state index is 15.3. The molecule has 0 amide bonds. The number of hydrogen-bond acceptors (Lipinski definition) is 4. The maximum absolute atomic E-state index is 15.3. The minimum Gasteiger partial charge on any atom is -0.223 e. The predicted octanol–water partition coefficient (Wildman–Crippen LogP) is 4.74. The van der Waals surface area contributed by atoms with Crippen molar-refractivity contribution >= 4 is 31.6 Å². The summed E-state index contributed by atoms with van der Waals surface area (Å²) in [7, 11) is -8.16. The largest absolute Gasteiger partial charge is 0.280 e. The first kappa shape index (κ1) is 26.9. The molecule has 1 heterocycles. The molecule has 194 valence electrons. The summed E-state index contributed by atoms with van der Waals surface area (Å²) in [5.41, 5.74) is -0.267. The second-order valence-electron chi connectivity index (χ2n) is 9.16. The van der Waals surface area contributed by atoms with Gasteiger partial charge in [-0.05, 0) is 74.1 Å². The SMILES string of the molecule is C=CC[C@@H]1[C@@H]2C[C@](c3cc(F)ccc3F)(S(=O)(=O)c3ccc(Cl)cc3)CC[C@@H]2NS(=O)(=O)N1CC=C. The molecular weight excluding hydrogens is 530 g/mol. The van der Waals surface area contributed by atoms with E-state index in [0.29, 0.717) is 5.02 Å². The van der Waals surface area contributed by atoms with Gasteiger partial charge in [0.2, 0.25) is 0 Å². The van der Waals surface area contributed by atoms with Gasteiger partial charge >= 0.3 is 0 Å². The molecule has 0 aromatic heterocycles. The maximum Gasteiger partial charge on any atom is 0.280 e. The van der Waals surface area contributed by atoms with Crippen LogP contribution < -0.4 is 4.72 Å². The van der Waals surface area contributed by atoms with Crippen LogP contribution in [0.4, 0.5) is 8.78 Å². The third-order valence-corrected chi connectivity index (χ3v) is 11.6.